The van der Waals surface area contributed by atoms with Crippen LogP contribution in [0.2, 0.25) is 0 Å². The topological polar surface area (TPSA) is 116 Å². The highest BCUT2D eigenvalue weighted by molar-refractivity contribution is 6.46. The van der Waals surface area contributed by atoms with E-state index in [0.29, 0.717) is 28.6 Å². The van der Waals surface area contributed by atoms with E-state index in [4.69, 9.17) is 4.99 Å². The van der Waals surface area contributed by atoms with Crippen LogP contribution in [0.5, 0.6) is 0 Å². The average molecular weight is 588 g/mol. The van der Waals surface area contributed by atoms with Gasteiger partial charge < -0.3 is 10.2 Å². The number of amides is 2. The normalized spacial score (nSPS) is 21.3. The van der Waals surface area contributed by atoms with Crippen LogP contribution < -0.4 is 5.32 Å². The second-order valence-electron chi connectivity index (χ2n) is 13.1. The largest absolute Gasteiger partial charge is 0.345 e. The number of carbonyl (C=O) groups is 2. The molecule has 0 radical (unpaired) electrons. The van der Waals surface area contributed by atoms with Crippen molar-refractivity contribution in [1.82, 2.24) is 30.8 Å². The standard InChI is InChI=1S/C33H42FN7O2/c1-6-7-8-27(22-9-11-23(12-10-22)30(42)35-20-28-37-39-40-38-28)41-31(43)29(24-17-21(2)18-26(34)19-24)36-33(41)15-13-25(14-16-33)32(3,4)5/h9-12,17-19,25,27H,6-8,13-16,20H2,1-5H3,(H,35,42)(H,37,38,39,40)/t25?,27-,33?/m1/s1. The number of nitrogens with one attached hydrogen (secondary N) is 2. The van der Waals surface area contributed by atoms with Gasteiger partial charge in [0.05, 0.1) is 12.6 Å². The molecular formula is C33H42FN7O2. The molecule has 1 aliphatic heterocycles. The predicted molar refractivity (Wildman–Crippen MR) is 163 cm³/mol. The zero-order valence-electron chi connectivity index (χ0n) is 25.8. The molecule has 1 fully saturated rings. The molecule has 1 aliphatic carbocycles. The van der Waals surface area contributed by atoms with Crippen LogP contribution in [0.25, 0.3) is 0 Å². The highest BCUT2D eigenvalue weighted by Crippen LogP contribution is 2.50. The van der Waals surface area contributed by atoms with Crippen LogP contribution in [0.3, 0.4) is 0 Å². The summed E-state index contributed by atoms with van der Waals surface area (Å²) in [5.74, 6) is 0.160. The molecule has 2 N–H and O–H groups in total. The molecular weight excluding hydrogens is 545 g/mol. The maximum absolute atomic E-state index is 14.5. The predicted octanol–water partition coefficient (Wildman–Crippen LogP) is 6.07. The number of tetrazole rings is 1. The van der Waals surface area contributed by atoms with E-state index < -0.39 is 5.66 Å². The molecule has 2 heterocycles. The zero-order valence-corrected chi connectivity index (χ0v) is 25.8. The summed E-state index contributed by atoms with van der Waals surface area (Å²) in [6, 6.07) is 12.0. The summed E-state index contributed by atoms with van der Waals surface area (Å²) < 4.78 is 14.5. The van der Waals surface area contributed by atoms with Gasteiger partial charge in [0.2, 0.25) is 0 Å². The van der Waals surface area contributed by atoms with Gasteiger partial charge in [-0.15, -0.1) is 10.2 Å². The third-order valence-electron chi connectivity index (χ3n) is 9.01. The van der Waals surface area contributed by atoms with Crippen molar-refractivity contribution in [2.24, 2.45) is 16.3 Å². The fraction of sp³-hybridized carbons (Fsp3) is 0.515. The summed E-state index contributed by atoms with van der Waals surface area (Å²) in [4.78, 5) is 34.4. The summed E-state index contributed by atoms with van der Waals surface area (Å²) in [7, 11) is 0. The Bertz CT molecular complexity index is 1450. The van der Waals surface area contributed by atoms with Gasteiger partial charge in [-0.1, -0.05) is 57.9 Å². The maximum atomic E-state index is 14.5. The Morgan fingerprint density at radius 1 is 1.16 bits per heavy atom. The molecule has 10 heteroatoms. The highest BCUT2D eigenvalue weighted by atomic mass is 19.1. The Hall–Kier alpha value is -3.95. The summed E-state index contributed by atoms with van der Waals surface area (Å²) in [5.41, 5.74) is 2.57. The molecule has 1 saturated carbocycles. The number of aliphatic imine (C=N–C) groups is 1. The smallest absolute Gasteiger partial charge is 0.275 e. The Labute approximate surface area is 252 Å². The zero-order chi connectivity index (χ0) is 30.8. The van der Waals surface area contributed by atoms with E-state index >= 15 is 0 Å². The van der Waals surface area contributed by atoms with Crippen LogP contribution in [-0.4, -0.2) is 48.7 Å². The van der Waals surface area contributed by atoms with Crippen molar-refractivity contribution in [1.29, 1.82) is 0 Å². The first-order chi connectivity index (χ1) is 20.5. The van der Waals surface area contributed by atoms with Gasteiger partial charge >= 0.3 is 0 Å². The van der Waals surface area contributed by atoms with Gasteiger partial charge in [0.1, 0.15) is 17.2 Å². The number of halogens is 1. The van der Waals surface area contributed by atoms with Gasteiger partial charge in [-0.05, 0) is 91.8 Å². The van der Waals surface area contributed by atoms with E-state index in [1.807, 2.05) is 30.0 Å². The molecule has 43 heavy (non-hydrogen) atoms. The van der Waals surface area contributed by atoms with Crippen molar-refractivity contribution in [3.63, 3.8) is 0 Å². The third kappa shape index (κ3) is 6.53. The van der Waals surface area contributed by atoms with Gasteiger partial charge in [-0.25, -0.2) is 4.39 Å². The number of unbranched alkanes of at least 4 members (excludes halogenated alkanes) is 1. The van der Waals surface area contributed by atoms with Crippen molar-refractivity contribution in [3.05, 3.63) is 76.4 Å². The van der Waals surface area contributed by atoms with Crippen LogP contribution in [0, 0.1) is 24.1 Å². The first kappa shape index (κ1) is 30.5. The van der Waals surface area contributed by atoms with E-state index in [1.54, 1.807) is 12.1 Å². The summed E-state index contributed by atoms with van der Waals surface area (Å²) in [5, 5.41) is 16.4. The van der Waals surface area contributed by atoms with E-state index in [2.05, 4.69) is 53.6 Å². The number of aromatic nitrogens is 4. The van der Waals surface area contributed by atoms with Crippen LogP contribution in [-0.2, 0) is 11.3 Å². The molecule has 9 nitrogen and oxygen atoms in total. The fourth-order valence-corrected chi connectivity index (χ4v) is 6.62. The summed E-state index contributed by atoms with van der Waals surface area (Å²) in [6.07, 6.45) is 6.12. The maximum Gasteiger partial charge on any atom is 0.275 e. The molecule has 1 spiro atoms. The number of hydrogen-bond donors (Lipinski definition) is 2. The van der Waals surface area contributed by atoms with Crippen molar-refractivity contribution in [3.8, 4) is 0 Å². The molecule has 1 aromatic heterocycles. The lowest BCUT2D eigenvalue weighted by atomic mass is 9.69. The fourth-order valence-electron chi connectivity index (χ4n) is 6.62. The number of aromatic amines is 1. The monoisotopic (exact) mass is 587 g/mol. The van der Waals surface area contributed by atoms with Gasteiger partial charge in [0.25, 0.3) is 11.8 Å². The summed E-state index contributed by atoms with van der Waals surface area (Å²) in [6.45, 7) is 11.0. The molecule has 1 atom stereocenters. The van der Waals surface area contributed by atoms with Crippen molar-refractivity contribution in [2.75, 3.05) is 0 Å². The average Bonchev–Trinajstić information content (AvgIpc) is 3.58. The third-order valence-corrected chi connectivity index (χ3v) is 9.01. The lowest BCUT2D eigenvalue weighted by molar-refractivity contribution is -0.133. The number of benzene rings is 2. The van der Waals surface area contributed by atoms with Crippen LogP contribution >= 0.6 is 0 Å². The second-order valence-corrected chi connectivity index (χ2v) is 13.1. The molecule has 5 rings (SSSR count). The van der Waals surface area contributed by atoms with E-state index in [0.717, 1.165) is 56.1 Å². The van der Waals surface area contributed by atoms with Crippen LogP contribution in [0.15, 0.2) is 47.5 Å². The lowest BCUT2D eigenvalue weighted by Crippen LogP contribution is -2.51. The number of hydrogen-bond acceptors (Lipinski definition) is 6. The van der Waals surface area contributed by atoms with Crippen LogP contribution in [0.4, 0.5) is 4.39 Å². The van der Waals surface area contributed by atoms with Crippen molar-refractivity contribution < 1.29 is 14.0 Å². The number of nitrogens with zero attached hydrogens (tertiary/aromatic N) is 5. The Kier molecular flexibility index (Phi) is 8.76. The van der Waals surface area contributed by atoms with E-state index in [-0.39, 0.29) is 35.6 Å². The minimum atomic E-state index is -0.687. The van der Waals surface area contributed by atoms with Gasteiger partial charge in [0, 0.05) is 11.1 Å². The summed E-state index contributed by atoms with van der Waals surface area (Å²) >= 11 is 0. The first-order valence-corrected chi connectivity index (χ1v) is 15.3. The van der Waals surface area contributed by atoms with E-state index in [9.17, 15) is 14.0 Å². The van der Waals surface area contributed by atoms with Gasteiger partial charge in [-0.2, -0.15) is 5.21 Å². The SMILES string of the molecule is CCCC[C@H](c1ccc(C(=O)NCc2nn[nH]n2)cc1)N1C(=O)C(c2cc(C)cc(F)c2)=NC12CCC(C(C)(C)C)CC2. The quantitative estimate of drug-likeness (QED) is 0.315. The molecule has 3 aromatic rings. The minimum absolute atomic E-state index is 0.151. The van der Waals surface area contributed by atoms with Gasteiger partial charge in [0.15, 0.2) is 5.82 Å². The molecule has 2 aliphatic rings. The van der Waals surface area contributed by atoms with Crippen LogP contribution in [0.1, 0.15) is 112 Å². The molecule has 2 aromatic carbocycles. The highest BCUT2D eigenvalue weighted by Gasteiger charge is 2.52. The molecule has 228 valence electrons. The lowest BCUT2D eigenvalue weighted by Gasteiger charge is -2.47. The Balaban J connectivity index is 1.48. The second kappa shape index (κ2) is 12.3. The van der Waals surface area contributed by atoms with E-state index in [1.165, 1.54) is 12.1 Å². The first-order valence-electron chi connectivity index (χ1n) is 15.3. The molecule has 0 saturated heterocycles. The minimum Gasteiger partial charge on any atom is -0.345 e. The molecule has 2 amide bonds. The Morgan fingerprint density at radius 3 is 2.49 bits per heavy atom. The number of rotatable bonds is 9. The molecule has 0 bridgehead atoms. The van der Waals surface area contributed by atoms with Gasteiger partial charge in [-0.3, -0.25) is 14.6 Å². The Morgan fingerprint density at radius 2 is 1.88 bits per heavy atom. The number of carbonyl (C=O) groups excluding carboxylic acids is 2. The number of aryl methyl sites for hydroxylation is 1. The van der Waals surface area contributed by atoms with Crippen molar-refractivity contribution >= 4 is 17.5 Å². The number of H-pyrrole nitrogens is 1. The molecule has 0 unspecified atom stereocenters. The van der Waals surface area contributed by atoms with Crippen molar-refractivity contribution in [2.45, 2.75) is 97.8 Å².